The Morgan fingerprint density at radius 1 is 0.972 bits per heavy atom. The number of alkyl halides is 3. The number of carbonyl (C=O) groups is 1. The van der Waals surface area contributed by atoms with Gasteiger partial charge in [-0.3, -0.25) is 14.8 Å². The van der Waals surface area contributed by atoms with Crippen molar-refractivity contribution in [3.8, 4) is 16.9 Å². The molecule has 0 aliphatic carbocycles. The first kappa shape index (κ1) is 23.2. The smallest absolute Gasteiger partial charge is 0.321 e. The number of amides is 1. The van der Waals surface area contributed by atoms with Crippen molar-refractivity contribution >= 4 is 22.5 Å². The first-order valence-electron chi connectivity index (χ1n) is 11.1. The molecule has 180 valence electrons. The summed E-state index contributed by atoms with van der Waals surface area (Å²) in [5.74, 6) is -0.449. The van der Waals surface area contributed by atoms with Crippen LogP contribution >= 0.6 is 0 Å². The van der Waals surface area contributed by atoms with Gasteiger partial charge in [0, 0.05) is 34.7 Å². The lowest BCUT2D eigenvalue weighted by atomic mass is 10.1. The van der Waals surface area contributed by atoms with Gasteiger partial charge in [-0.15, -0.1) is 0 Å². The number of halogens is 3. The number of aromatic nitrogens is 4. The highest BCUT2D eigenvalue weighted by Gasteiger charge is 2.34. The predicted octanol–water partition coefficient (Wildman–Crippen LogP) is 6.37. The van der Waals surface area contributed by atoms with Gasteiger partial charge in [-0.1, -0.05) is 24.3 Å². The van der Waals surface area contributed by atoms with Gasteiger partial charge in [0.15, 0.2) is 5.69 Å². The first-order chi connectivity index (χ1) is 17.2. The topological polar surface area (TPSA) is 72.7 Å². The Hall–Kier alpha value is -4.53. The van der Waals surface area contributed by atoms with Gasteiger partial charge in [0.25, 0.3) is 5.91 Å². The van der Waals surface area contributed by atoms with Crippen LogP contribution in [0.15, 0.2) is 79.1 Å². The number of anilines is 1. The number of fused-ring (bicyclic) bond motifs is 1. The van der Waals surface area contributed by atoms with Gasteiger partial charge in [0.05, 0.1) is 22.5 Å². The molecular formula is C27H20F3N5O. The Kier molecular flexibility index (Phi) is 5.75. The molecular weight excluding hydrogens is 467 g/mol. The zero-order chi connectivity index (χ0) is 25.4. The number of benzene rings is 2. The highest BCUT2D eigenvalue weighted by Crippen LogP contribution is 2.36. The van der Waals surface area contributed by atoms with Gasteiger partial charge in [-0.2, -0.15) is 18.3 Å². The molecule has 0 saturated heterocycles. The molecule has 2 aromatic carbocycles. The summed E-state index contributed by atoms with van der Waals surface area (Å²) in [6, 6.07) is 18.0. The Morgan fingerprint density at radius 3 is 2.50 bits per heavy atom. The van der Waals surface area contributed by atoms with E-state index >= 15 is 0 Å². The third kappa shape index (κ3) is 4.43. The van der Waals surface area contributed by atoms with Gasteiger partial charge in [0.1, 0.15) is 0 Å². The van der Waals surface area contributed by atoms with E-state index in [1.54, 1.807) is 55.7 Å². The zero-order valence-electron chi connectivity index (χ0n) is 19.3. The Balaban J connectivity index is 1.70. The van der Waals surface area contributed by atoms with Crippen LogP contribution in [-0.4, -0.2) is 25.7 Å². The maximum absolute atomic E-state index is 13.7. The fraction of sp³-hybridized carbons (Fsp3) is 0.111. The average molecular weight is 487 g/mol. The van der Waals surface area contributed by atoms with E-state index in [1.807, 2.05) is 25.1 Å². The van der Waals surface area contributed by atoms with E-state index in [1.165, 1.54) is 10.7 Å². The molecule has 0 atom stereocenters. The molecule has 1 amide bonds. The normalized spacial score (nSPS) is 11.6. The van der Waals surface area contributed by atoms with Crippen molar-refractivity contribution in [2.45, 2.75) is 20.0 Å². The predicted molar refractivity (Wildman–Crippen MR) is 131 cm³/mol. The fourth-order valence-electron chi connectivity index (χ4n) is 4.07. The molecule has 6 nitrogen and oxygen atoms in total. The number of pyridine rings is 2. The summed E-state index contributed by atoms with van der Waals surface area (Å²) in [5.41, 5.74) is 2.58. The van der Waals surface area contributed by atoms with E-state index in [4.69, 9.17) is 0 Å². The summed E-state index contributed by atoms with van der Waals surface area (Å²) in [6.45, 7) is 3.53. The molecule has 0 fully saturated rings. The quantitative estimate of drug-likeness (QED) is 0.320. The molecule has 0 saturated carbocycles. The number of para-hydroxylation sites is 1. The van der Waals surface area contributed by atoms with Crippen LogP contribution < -0.4 is 5.32 Å². The third-order valence-electron chi connectivity index (χ3n) is 5.65. The Morgan fingerprint density at radius 2 is 1.78 bits per heavy atom. The first-order valence-corrected chi connectivity index (χ1v) is 11.1. The number of carbonyl (C=O) groups excluding carboxylic acids is 1. The number of hydrogen-bond donors (Lipinski definition) is 1. The lowest BCUT2D eigenvalue weighted by Crippen LogP contribution is -2.13. The van der Waals surface area contributed by atoms with Gasteiger partial charge >= 0.3 is 6.18 Å². The van der Waals surface area contributed by atoms with Gasteiger partial charge in [-0.05, 0) is 61.9 Å². The highest BCUT2D eigenvalue weighted by molar-refractivity contribution is 6.04. The van der Waals surface area contributed by atoms with Crippen molar-refractivity contribution in [3.05, 3.63) is 102 Å². The molecule has 3 heterocycles. The minimum Gasteiger partial charge on any atom is -0.321 e. The minimum absolute atomic E-state index is 0.102. The van der Waals surface area contributed by atoms with E-state index in [2.05, 4.69) is 20.4 Å². The molecule has 1 N–H and O–H groups in total. The van der Waals surface area contributed by atoms with Crippen molar-refractivity contribution in [2.24, 2.45) is 0 Å². The maximum Gasteiger partial charge on any atom is 0.418 e. The maximum atomic E-state index is 13.7. The third-order valence-corrected chi connectivity index (χ3v) is 5.65. The average Bonchev–Trinajstić information content (AvgIpc) is 3.29. The molecule has 5 aromatic rings. The van der Waals surface area contributed by atoms with Crippen molar-refractivity contribution in [2.75, 3.05) is 5.32 Å². The molecule has 5 rings (SSSR count). The van der Waals surface area contributed by atoms with E-state index in [-0.39, 0.29) is 16.6 Å². The van der Waals surface area contributed by atoms with Crippen molar-refractivity contribution in [1.82, 2.24) is 19.7 Å². The molecule has 9 heteroatoms. The second-order valence-corrected chi connectivity index (χ2v) is 8.37. The van der Waals surface area contributed by atoms with Crippen LogP contribution in [0.5, 0.6) is 0 Å². The highest BCUT2D eigenvalue weighted by atomic mass is 19.4. The monoisotopic (exact) mass is 487 g/mol. The number of nitrogens with zero attached hydrogens (tertiary/aromatic N) is 4. The standard InChI is InChI=1S/C27H20F3N5O/c1-16-6-3-8-19(12-16)33-26(36)22-14-23(18-7-5-11-31-15-18)35(34-22)24-13-17(2)32-25-20(24)9-4-10-21(25)27(28,29)30/h3-15H,1-2H3,(H,33,36). The fourth-order valence-corrected chi connectivity index (χ4v) is 4.07. The van der Waals surface area contributed by atoms with Crippen molar-refractivity contribution in [1.29, 1.82) is 0 Å². The van der Waals surface area contributed by atoms with Crippen LogP contribution in [0.2, 0.25) is 0 Å². The number of nitrogens with one attached hydrogen (secondary N) is 1. The van der Waals surface area contributed by atoms with Crippen LogP contribution in [0.25, 0.3) is 27.8 Å². The molecule has 0 unspecified atom stereocenters. The zero-order valence-corrected chi connectivity index (χ0v) is 19.3. The largest absolute Gasteiger partial charge is 0.418 e. The minimum atomic E-state index is -4.58. The Bertz CT molecular complexity index is 1590. The van der Waals surface area contributed by atoms with Crippen molar-refractivity contribution < 1.29 is 18.0 Å². The summed E-state index contributed by atoms with van der Waals surface area (Å²) in [7, 11) is 0. The summed E-state index contributed by atoms with van der Waals surface area (Å²) >= 11 is 0. The number of hydrogen-bond acceptors (Lipinski definition) is 4. The van der Waals surface area contributed by atoms with Gasteiger partial charge < -0.3 is 5.32 Å². The molecule has 0 bridgehead atoms. The lowest BCUT2D eigenvalue weighted by Gasteiger charge is -2.15. The van der Waals surface area contributed by atoms with E-state index < -0.39 is 17.6 Å². The molecule has 0 spiro atoms. The van der Waals surface area contributed by atoms with Crippen molar-refractivity contribution in [3.63, 3.8) is 0 Å². The van der Waals surface area contributed by atoms with Crippen LogP contribution in [-0.2, 0) is 6.18 Å². The van der Waals surface area contributed by atoms with Crippen LogP contribution in [0.4, 0.5) is 18.9 Å². The summed E-state index contributed by atoms with van der Waals surface area (Å²) in [5, 5.41) is 7.61. The number of aryl methyl sites for hydroxylation is 2. The van der Waals surface area contributed by atoms with E-state index in [0.717, 1.165) is 11.6 Å². The van der Waals surface area contributed by atoms with Crippen LogP contribution in [0.3, 0.4) is 0 Å². The second-order valence-electron chi connectivity index (χ2n) is 8.37. The molecule has 36 heavy (non-hydrogen) atoms. The van der Waals surface area contributed by atoms with Gasteiger partial charge in [0.2, 0.25) is 0 Å². The van der Waals surface area contributed by atoms with Crippen LogP contribution in [0, 0.1) is 13.8 Å². The molecule has 0 aliphatic heterocycles. The van der Waals surface area contributed by atoms with E-state index in [0.29, 0.717) is 28.3 Å². The summed E-state index contributed by atoms with van der Waals surface area (Å²) in [4.78, 5) is 21.4. The molecule has 0 aliphatic rings. The number of rotatable bonds is 4. The second kappa shape index (κ2) is 8.92. The SMILES string of the molecule is Cc1cccc(NC(=O)c2cc(-c3cccnc3)n(-c3cc(C)nc4c(C(F)(F)F)cccc34)n2)c1. The summed E-state index contributed by atoms with van der Waals surface area (Å²) in [6.07, 6.45) is -1.36. The summed E-state index contributed by atoms with van der Waals surface area (Å²) < 4.78 is 42.7. The molecule has 0 radical (unpaired) electrons. The van der Waals surface area contributed by atoms with E-state index in [9.17, 15) is 18.0 Å². The van der Waals surface area contributed by atoms with Gasteiger partial charge in [-0.25, -0.2) is 4.68 Å². The Labute approximate surface area is 204 Å². The lowest BCUT2D eigenvalue weighted by molar-refractivity contribution is -0.136. The molecule has 3 aromatic heterocycles. The van der Waals surface area contributed by atoms with Crippen LogP contribution in [0.1, 0.15) is 27.3 Å².